The van der Waals surface area contributed by atoms with Gasteiger partial charge in [0.25, 0.3) is 0 Å². The van der Waals surface area contributed by atoms with E-state index in [0.29, 0.717) is 5.92 Å². The first kappa shape index (κ1) is 12.5. The SMILES string of the molecule is CC(C)CNC(=S)N(C)Cc1ccsc1. The molecule has 0 aliphatic heterocycles. The van der Waals surface area contributed by atoms with Crippen LogP contribution in [-0.2, 0) is 6.54 Å². The van der Waals surface area contributed by atoms with Gasteiger partial charge in [0.15, 0.2) is 5.11 Å². The molecule has 4 heteroatoms. The number of rotatable bonds is 4. The number of nitrogens with one attached hydrogen (secondary N) is 1. The van der Waals surface area contributed by atoms with Crippen LogP contribution in [0.1, 0.15) is 19.4 Å². The summed E-state index contributed by atoms with van der Waals surface area (Å²) in [6.07, 6.45) is 0. The maximum atomic E-state index is 5.29. The smallest absolute Gasteiger partial charge is 0.168 e. The van der Waals surface area contributed by atoms with Gasteiger partial charge in [-0.25, -0.2) is 0 Å². The lowest BCUT2D eigenvalue weighted by Crippen LogP contribution is -2.38. The molecule has 0 atom stereocenters. The first-order chi connectivity index (χ1) is 7.09. The van der Waals surface area contributed by atoms with Crippen molar-refractivity contribution in [2.45, 2.75) is 20.4 Å². The van der Waals surface area contributed by atoms with Crippen LogP contribution in [0.4, 0.5) is 0 Å². The van der Waals surface area contributed by atoms with E-state index in [1.807, 2.05) is 7.05 Å². The van der Waals surface area contributed by atoms with Crippen molar-refractivity contribution in [3.05, 3.63) is 22.4 Å². The van der Waals surface area contributed by atoms with Crippen LogP contribution in [0.15, 0.2) is 16.8 Å². The third-order valence-electron chi connectivity index (χ3n) is 2.01. The molecule has 1 heterocycles. The minimum atomic E-state index is 0.623. The Hall–Kier alpha value is -0.610. The second kappa shape index (κ2) is 6.08. The average molecular weight is 242 g/mol. The molecule has 0 spiro atoms. The van der Waals surface area contributed by atoms with Crippen molar-refractivity contribution in [2.24, 2.45) is 5.92 Å². The summed E-state index contributed by atoms with van der Waals surface area (Å²) in [5, 5.41) is 8.33. The lowest BCUT2D eigenvalue weighted by molar-refractivity contribution is 0.480. The van der Waals surface area contributed by atoms with Gasteiger partial charge in [-0.3, -0.25) is 0 Å². The normalized spacial score (nSPS) is 10.4. The minimum absolute atomic E-state index is 0.623. The number of hydrogen-bond donors (Lipinski definition) is 1. The molecule has 0 aliphatic rings. The molecule has 15 heavy (non-hydrogen) atoms. The Morgan fingerprint density at radius 2 is 2.33 bits per heavy atom. The van der Waals surface area contributed by atoms with E-state index >= 15 is 0 Å². The fraction of sp³-hybridized carbons (Fsp3) is 0.545. The van der Waals surface area contributed by atoms with Crippen LogP contribution in [0, 0.1) is 5.92 Å². The molecule has 0 radical (unpaired) electrons. The number of thiocarbonyl (C=S) groups is 1. The van der Waals surface area contributed by atoms with Crippen molar-refractivity contribution in [1.82, 2.24) is 10.2 Å². The van der Waals surface area contributed by atoms with E-state index in [9.17, 15) is 0 Å². The third-order valence-corrected chi connectivity index (χ3v) is 3.20. The Morgan fingerprint density at radius 3 is 2.87 bits per heavy atom. The van der Waals surface area contributed by atoms with Gasteiger partial charge in [0, 0.05) is 20.1 Å². The number of hydrogen-bond acceptors (Lipinski definition) is 2. The summed E-state index contributed by atoms with van der Waals surface area (Å²) in [4.78, 5) is 2.07. The molecule has 2 nitrogen and oxygen atoms in total. The minimum Gasteiger partial charge on any atom is -0.362 e. The zero-order valence-corrected chi connectivity index (χ0v) is 11.1. The third kappa shape index (κ3) is 4.62. The van der Waals surface area contributed by atoms with Gasteiger partial charge in [-0.15, -0.1) is 0 Å². The van der Waals surface area contributed by atoms with E-state index < -0.39 is 0 Å². The lowest BCUT2D eigenvalue weighted by Gasteiger charge is -2.21. The van der Waals surface area contributed by atoms with Crippen molar-refractivity contribution < 1.29 is 0 Å². The van der Waals surface area contributed by atoms with E-state index in [0.717, 1.165) is 18.2 Å². The molecular weight excluding hydrogens is 224 g/mol. The summed E-state index contributed by atoms with van der Waals surface area (Å²) < 4.78 is 0. The first-order valence-electron chi connectivity index (χ1n) is 5.09. The Kier molecular flexibility index (Phi) is 5.05. The Balaban J connectivity index is 2.33. The van der Waals surface area contributed by atoms with Gasteiger partial charge in [-0.1, -0.05) is 13.8 Å². The van der Waals surface area contributed by atoms with E-state index in [-0.39, 0.29) is 0 Å². The molecule has 0 saturated carbocycles. The second-order valence-corrected chi connectivity index (χ2v) is 5.23. The van der Waals surface area contributed by atoms with Crippen molar-refractivity contribution in [2.75, 3.05) is 13.6 Å². The van der Waals surface area contributed by atoms with Crippen LogP contribution in [0.3, 0.4) is 0 Å². The Bertz CT molecular complexity index is 294. The largest absolute Gasteiger partial charge is 0.362 e. The molecule has 0 amide bonds. The molecule has 1 aromatic rings. The highest BCUT2D eigenvalue weighted by Gasteiger charge is 2.05. The van der Waals surface area contributed by atoms with Crippen LogP contribution in [-0.4, -0.2) is 23.6 Å². The summed E-state index contributed by atoms with van der Waals surface area (Å²) in [5.41, 5.74) is 1.32. The summed E-state index contributed by atoms with van der Waals surface area (Å²) in [6.45, 7) is 6.17. The molecule has 0 unspecified atom stereocenters. The molecule has 0 fully saturated rings. The highest BCUT2D eigenvalue weighted by molar-refractivity contribution is 7.80. The van der Waals surface area contributed by atoms with Crippen molar-refractivity contribution in [3.63, 3.8) is 0 Å². The fourth-order valence-corrected chi connectivity index (χ4v) is 1.96. The highest BCUT2D eigenvalue weighted by atomic mass is 32.1. The van der Waals surface area contributed by atoms with Gasteiger partial charge in [-0.05, 0) is 40.5 Å². The zero-order valence-electron chi connectivity index (χ0n) is 9.49. The van der Waals surface area contributed by atoms with Gasteiger partial charge < -0.3 is 10.2 Å². The topological polar surface area (TPSA) is 15.3 Å². The summed E-state index contributed by atoms with van der Waals surface area (Å²) in [6, 6.07) is 2.13. The molecule has 1 aromatic heterocycles. The van der Waals surface area contributed by atoms with Gasteiger partial charge in [0.1, 0.15) is 0 Å². The van der Waals surface area contributed by atoms with Crippen LogP contribution < -0.4 is 5.32 Å². The Morgan fingerprint density at radius 1 is 1.60 bits per heavy atom. The van der Waals surface area contributed by atoms with Crippen molar-refractivity contribution in [1.29, 1.82) is 0 Å². The van der Waals surface area contributed by atoms with E-state index in [2.05, 4.69) is 40.9 Å². The molecule has 1 rings (SSSR count). The Labute approximate surface area is 101 Å². The van der Waals surface area contributed by atoms with E-state index in [1.54, 1.807) is 11.3 Å². The van der Waals surface area contributed by atoms with Crippen LogP contribution in [0.25, 0.3) is 0 Å². The van der Waals surface area contributed by atoms with Crippen LogP contribution >= 0.6 is 23.6 Å². The summed E-state index contributed by atoms with van der Waals surface area (Å²) in [7, 11) is 2.02. The average Bonchev–Trinajstić information content (AvgIpc) is 2.66. The number of nitrogens with zero attached hydrogens (tertiary/aromatic N) is 1. The quantitative estimate of drug-likeness (QED) is 0.817. The molecule has 0 aromatic carbocycles. The van der Waals surface area contributed by atoms with E-state index in [1.165, 1.54) is 5.56 Å². The monoisotopic (exact) mass is 242 g/mol. The van der Waals surface area contributed by atoms with Crippen molar-refractivity contribution >= 4 is 28.7 Å². The number of thiophene rings is 1. The molecule has 0 saturated heterocycles. The molecule has 1 N–H and O–H groups in total. The maximum absolute atomic E-state index is 5.29. The first-order valence-corrected chi connectivity index (χ1v) is 6.44. The van der Waals surface area contributed by atoms with Crippen LogP contribution in [0.2, 0.25) is 0 Å². The van der Waals surface area contributed by atoms with Gasteiger partial charge in [0.05, 0.1) is 0 Å². The zero-order chi connectivity index (χ0) is 11.3. The van der Waals surface area contributed by atoms with Gasteiger partial charge in [-0.2, -0.15) is 11.3 Å². The lowest BCUT2D eigenvalue weighted by atomic mass is 10.2. The van der Waals surface area contributed by atoms with Gasteiger partial charge >= 0.3 is 0 Å². The molecular formula is C11H18N2S2. The standard InChI is InChI=1S/C11H18N2S2/c1-9(2)6-12-11(14)13(3)7-10-4-5-15-8-10/h4-5,8-9H,6-7H2,1-3H3,(H,12,14). The van der Waals surface area contributed by atoms with Crippen molar-refractivity contribution in [3.8, 4) is 0 Å². The fourth-order valence-electron chi connectivity index (χ4n) is 1.15. The summed E-state index contributed by atoms with van der Waals surface area (Å²) >= 11 is 7.01. The van der Waals surface area contributed by atoms with Gasteiger partial charge in [0.2, 0.25) is 0 Å². The van der Waals surface area contributed by atoms with Crippen LogP contribution in [0.5, 0.6) is 0 Å². The second-order valence-electron chi connectivity index (χ2n) is 4.07. The summed E-state index contributed by atoms with van der Waals surface area (Å²) in [5.74, 6) is 0.623. The molecule has 0 bridgehead atoms. The molecule has 0 aliphatic carbocycles. The maximum Gasteiger partial charge on any atom is 0.168 e. The predicted octanol–water partition coefficient (Wildman–Crippen LogP) is 2.71. The predicted molar refractivity (Wildman–Crippen MR) is 71.2 cm³/mol. The molecule has 84 valence electrons. The van der Waals surface area contributed by atoms with E-state index in [4.69, 9.17) is 12.2 Å². The highest BCUT2D eigenvalue weighted by Crippen LogP contribution is 2.08.